The molecule has 0 saturated heterocycles. The van der Waals surface area contributed by atoms with E-state index in [1.54, 1.807) is 23.9 Å². The van der Waals surface area contributed by atoms with Crippen LogP contribution in [0.4, 0.5) is 11.9 Å². The Morgan fingerprint density at radius 3 is 2.54 bits per heavy atom. The van der Waals surface area contributed by atoms with Crippen molar-refractivity contribution >= 4 is 29.4 Å². The first-order valence-corrected chi connectivity index (χ1v) is 11.6. The van der Waals surface area contributed by atoms with Crippen LogP contribution in [0.3, 0.4) is 0 Å². The van der Waals surface area contributed by atoms with E-state index in [4.69, 9.17) is 21.1 Å². The maximum atomic E-state index is 12.5. The zero-order valence-electron chi connectivity index (χ0n) is 19.0. The Morgan fingerprint density at radius 1 is 1.06 bits per heavy atom. The van der Waals surface area contributed by atoms with Crippen molar-refractivity contribution in [1.82, 2.24) is 14.8 Å². The second-order valence-electron chi connectivity index (χ2n) is 8.10. The van der Waals surface area contributed by atoms with Gasteiger partial charge in [-0.3, -0.25) is 10.1 Å². The molecule has 1 aliphatic rings. The molecule has 0 radical (unpaired) electrons. The summed E-state index contributed by atoms with van der Waals surface area (Å²) in [6.45, 7) is -0.149. The fourth-order valence-corrected chi connectivity index (χ4v) is 4.38. The minimum Gasteiger partial charge on any atom is -0.497 e. The van der Waals surface area contributed by atoms with Crippen molar-refractivity contribution in [1.29, 1.82) is 0 Å². The number of nitrogens with zero attached hydrogens (tertiary/aromatic N) is 3. The van der Waals surface area contributed by atoms with Crippen molar-refractivity contribution in [3.05, 3.63) is 95.0 Å². The van der Waals surface area contributed by atoms with Crippen LogP contribution in [0.1, 0.15) is 29.6 Å². The van der Waals surface area contributed by atoms with Crippen LogP contribution in [0, 0.1) is 0 Å². The molecule has 0 bridgehead atoms. The summed E-state index contributed by atoms with van der Waals surface area (Å²) in [6, 6.07) is 24.5. The number of rotatable bonds is 7. The van der Waals surface area contributed by atoms with E-state index in [1.807, 2.05) is 66.7 Å². The molecule has 2 N–H and O–H groups in total. The number of fused-ring (bicyclic) bond motifs is 1. The van der Waals surface area contributed by atoms with Crippen LogP contribution >= 0.6 is 11.6 Å². The predicted octanol–water partition coefficient (Wildman–Crippen LogP) is 5.10. The number of benzene rings is 3. The van der Waals surface area contributed by atoms with E-state index in [-0.39, 0.29) is 30.5 Å². The van der Waals surface area contributed by atoms with Crippen molar-refractivity contribution in [3.8, 4) is 11.5 Å². The van der Waals surface area contributed by atoms with Crippen LogP contribution in [0.15, 0.2) is 78.9 Å². The largest absolute Gasteiger partial charge is 0.497 e. The van der Waals surface area contributed by atoms with Crippen LogP contribution in [0.5, 0.6) is 11.5 Å². The summed E-state index contributed by atoms with van der Waals surface area (Å²) in [4.78, 5) is 17.0. The average Bonchev–Trinajstić information content (AvgIpc) is 3.30. The first-order valence-electron chi connectivity index (χ1n) is 11.2. The predicted molar refractivity (Wildman–Crippen MR) is 134 cm³/mol. The topological polar surface area (TPSA) is 90.3 Å². The van der Waals surface area contributed by atoms with Gasteiger partial charge in [0.25, 0.3) is 11.9 Å². The zero-order chi connectivity index (χ0) is 24.2. The van der Waals surface area contributed by atoms with Gasteiger partial charge >= 0.3 is 0 Å². The summed E-state index contributed by atoms with van der Waals surface area (Å²) >= 11 is 6.56. The highest BCUT2D eigenvalue weighted by Crippen LogP contribution is 2.40. The summed E-state index contributed by atoms with van der Waals surface area (Å²) in [6.07, 6.45) is 0.691. The minimum absolute atomic E-state index is 0.0381. The Labute approximate surface area is 207 Å². The zero-order valence-corrected chi connectivity index (χ0v) is 19.8. The normalized spacial score (nSPS) is 16.6. The highest BCUT2D eigenvalue weighted by atomic mass is 35.5. The average molecular weight is 490 g/mol. The van der Waals surface area contributed by atoms with Gasteiger partial charge in [-0.15, -0.1) is 5.10 Å². The third-order valence-corrected chi connectivity index (χ3v) is 6.18. The van der Waals surface area contributed by atoms with E-state index in [1.165, 1.54) is 0 Å². The summed E-state index contributed by atoms with van der Waals surface area (Å²) in [5, 5.41) is 11.4. The summed E-state index contributed by atoms with van der Waals surface area (Å²) in [5.74, 6) is 1.79. The molecule has 0 saturated carbocycles. The first-order chi connectivity index (χ1) is 17.1. The van der Waals surface area contributed by atoms with Gasteiger partial charge in [0.05, 0.1) is 19.2 Å². The highest BCUT2D eigenvalue weighted by molar-refractivity contribution is 6.31. The van der Waals surface area contributed by atoms with Crippen LogP contribution in [0.2, 0.25) is 5.02 Å². The standard InChI is InChI=1S/C26H24ClN5O3/c1-34-18-13-11-17(12-14-18)22-15-23(20-9-5-6-10-21(20)27)32-26(28-22)30-25(31-32)29-24(33)16-35-19-7-3-2-4-8-19/h2-14,22-23H,15-16H2,1H3,(H2,28,29,30,31,33)/t22-,23-/m1/s1. The van der Waals surface area contributed by atoms with Crippen molar-refractivity contribution < 1.29 is 14.3 Å². The van der Waals surface area contributed by atoms with Crippen molar-refractivity contribution in [3.63, 3.8) is 0 Å². The van der Waals surface area contributed by atoms with Gasteiger partial charge in [-0.1, -0.05) is 60.1 Å². The molecule has 1 aliphatic heterocycles. The van der Waals surface area contributed by atoms with Gasteiger partial charge in [-0.2, -0.15) is 4.98 Å². The number of amides is 1. The lowest BCUT2D eigenvalue weighted by Gasteiger charge is -2.32. The second-order valence-corrected chi connectivity index (χ2v) is 8.50. The Kier molecular flexibility index (Phi) is 6.54. The quantitative estimate of drug-likeness (QED) is 0.375. The van der Waals surface area contributed by atoms with Gasteiger partial charge in [-0.25, -0.2) is 4.68 Å². The first kappa shape index (κ1) is 22.7. The molecule has 0 spiro atoms. The molecule has 9 heteroatoms. The van der Waals surface area contributed by atoms with Gasteiger partial charge in [0.1, 0.15) is 11.5 Å². The Bertz CT molecular complexity index is 1310. The van der Waals surface area contributed by atoms with Gasteiger partial charge < -0.3 is 14.8 Å². The number of methoxy groups -OCH3 is 1. The molecular formula is C26H24ClN5O3. The number of carbonyl (C=O) groups excluding carboxylic acids is 1. The fraction of sp³-hybridized carbons (Fsp3) is 0.192. The van der Waals surface area contributed by atoms with Crippen LogP contribution in [0.25, 0.3) is 0 Å². The minimum atomic E-state index is -0.349. The molecule has 8 nitrogen and oxygen atoms in total. The number of ether oxygens (including phenoxy) is 2. The second kappa shape index (κ2) is 10.1. The number of halogens is 1. The molecular weight excluding hydrogens is 466 g/mol. The molecule has 0 aliphatic carbocycles. The third kappa shape index (κ3) is 5.07. The molecule has 2 heterocycles. The molecule has 0 unspecified atom stereocenters. The number of para-hydroxylation sites is 1. The van der Waals surface area contributed by atoms with Crippen molar-refractivity contribution in [2.45, 2.75) is 18.5 Å². The summed E-state index contributed by atoms with van der Waals surface area (Å²) in [7, 11) is 1.64. The monoisotopic (exact) mass is 489 g/mol. The van der Waals surface area contributed by atoms with E-state index >= 15 is 0 Å². The smallest absolute Gasteiger partial charge is 0.264 e. The Hall–Kier alpha value is -4.04. The van der Waals surface area contributed by atoms with E-state index < -0.39 is 0 Å². The van der Waals surface area contributed by atoms with Crippen LogP contribution < -0.4 is 20.1 Å². The van der Waals surface area contributed by atoms with E-state index in [2.05, 4.69) is 20.7 Å². The maximum absolute atomic E-state index is 12.5. The molecule has 2 atom stereocenters. The number of hydrogen-bond donors (Lipinski definition) is 2. The number of nitrogens with one attached hydrogen (secondary N) is 2. The fourth-order valence-electron chi connectivity index (χ4n) is 4.12. The number of anilines is 2. The van der Waals surface area contributed by atoms with Crippen molar-refractivity contribution in [2.24, 2.45) is 0 Å². The number of carbonyl (C=O) groups is 1. The maximum Gasteiger partial charge on any atom is 0.264 e. The van der Waals surface area contributed by atoms with Gasteiger partial charge in [0.15, 0.2) is 6.61 Å². The van der Waals surface area contributed by atoms with Gasteiger partial charge in [0, 0.05) is 5.02 Å². The van der Waals surface area contributed by atoms with E-state index in [0.29, 0.717) is 23.1 Å². The molecule has 4 aromatic rings. The number of hydrogen-bond acceptors (Lipinski definition) is 6. The lowest BCUT2D eigenvalue weighted by atomic mass is 9.93. The molecule has 1 amide bonds. The van der Waals surface area contributed by atoms with Crippen LogP contribution in [-0.4, -0.2) is 34.4 Å². The molecule has 0 fully saturated rings. The van der Waals surface area contributed by atoms with Crippen molar-refractivity contribution in [2.75, 3.05) is 24.4 Å². The molecule has 3 aromatic carbocycles. The Morgan fingerprint density at radius 2 is 1.80 bits per heavy atom. The molecule has 1 aromatic heterocycles. The van der Waals surface area contributed by atoms with Crippen LogP contribution in [-0.2, 0) is 4.79 Å². The van der Waals surface area contributed by atoms with Gasteiger partial charge in [-0.05, 0) is 47.9 Å². The summed E-state index contributed by atoms with van der Waals surface area (Å²) < 4.78 is 12.6. The Balaban J connectivity index is 1.39. The lowest BCUT2D eigenvalue weighted by Crippen LogP contribution is -2.28. The third-order valence-electron chi connectivity index (χ3n) is 5.84. The lowest BCUT2D eigenvalue weighted by molar-refractivity contribution is -0.118. The highest BCUT2D eigenvalue weighted by Gasteiger charge is 2.32. The van der Waals surface area contributed by atoms with E-state index in [0.717, 1.165) is 16.9 Å². The number of aromatic nitrogens is 3. The SMILES string of the molecule is COc1ccc([C@H]2C[C@H](c3ccccc3Cl)n3nc(NC(=O)COc4ccccc4)nc3N2)cc1. The van der Waals surface area contributed by atoms with E-state index in [9.17, 15) is 4.79 Å². The molecule has 5 rings (SSSR count). The molecule has 35 heavy (non-hydrogen) atoms. The van der Waals surface area contributed by atoms with Gasteiger partial charge in [0.2, 0.25) is 5.95 Å². The molecule has 178 valence electrons. The summed E-state index contributed by atoms with van der Waals surface area (Å²) in [5.41, 5.74) is 2.02.